The summed E-state index contributed by atoms with van der Waals surface area (Å²) in [5, 5.41) is 6.68. The van der Waals surface area contributed by atoms with Crippen molar-refractivity contribution in [3.05, 3.63) is 30.2 Å². The fraction of sp³-hybridized carbons (Fsp3) is 0.400. The molecule has 0 bridgehead atoms. The lowest BCUT2D eigenvalue weighted by Gasteiger charge is -2.19. The van der Waals surface area contributed by atoms with E-state index in [0.717, 1.165) is 5.56 Å². The molecule has 0 fully saturated rings. The van der Waals surface area contributed by atoms with Gasteiger partial charge in [0.15, 0.2) is 0 Å². The van der Waals surface area contributed by atoms with Crippen LogP contribution in [0.4, 0.5) is 0 Å². The van der Waals surface area contributed by atoms with Gasteiger partial charge in [-0.25, -0.2) is 0 Å². The van der Waals surface area contributed by atoms with E-state index < -0.39 is 11.6 Å². The van der Waals surface area contributed by atoms with Crippen LogP contribution < -0.4 is 15.8 Å². The number of methoxy groups -OCH3 is 1. The molecule has 0 aliphatic rings. The zero-order valence-electron chi connectivity index (χ0n) is 13.5. The molecule has 0 spiro atoms. The van der Waals surface area contributed by atoms with Gasteiger partial charge in [-0.3, -0.25) is 4.79 Å². The van der Waals surface area contributed by atoms with Gasteiger partial charge in [-0.05, 0) is 32.9 Å². The predicted octanol–water partition coefficient (Wildman–Crippen LogP) is 2.08. The highest BCUT2D eigenvalue weighted by Gasteiger charge is 2.26. The van der Waals surface area contributed by atoms with Crippen LogP contribution in [0.25, 0.3) is 11.4 Å². The number of carbonyl (C=O) groups excluding carboxylic acids is 1. The number of hydrogen-bond acceptors (Lipinski definition) is 6. The Kier molecular flexibility index (Phi) is 6.12. The van der Waals surface area contributed by atoms with Gasteiger partial charge in [0, 0.05) is 0 Å². The molecule has 23 heavy (non-hydrogen) atoms. The van der Waals surface area contributed by atoms with Crippen molar-refractivity contribution in [1.29, 1.82) is 0 Å². The molecule has 1 aromatic carbocycles. The molecule has 2 aromatic rings. The molecule has 0 saturated carbocycles. The van der Waals surface area contributed by atoms with Gasteiger partial charge in [-0.1, -0.05) is 17.3 Å². The predicted molar refractivity (Wildman–Crippen MR) is 88.4 cm³/mol. The van der Waals surface area contributed by atoms with Gasteiger partial charge in [0.2, 0.25) is 17.6 Å². The molecule has 0 saturated heterocycles. The van der Waals surface area contributed by atoms with Gasteiger partial charge in [0.1, 0.15) is 11.8 Å². The Bertz CT molecular complexity index is 667. The third kappa shape index (κ3) is 4.43. The summed E-state index contributed by atoms with van der Waals surface area (Å²) in [5.41, 5.74) is 5.49. The van der Waals surface area contributed by atoms with E-state index in [0.29, 0.717) is 17.5 Å². The molecule has 126 valence electrons. The van der Waals surface area contributed by atoms with Crippen LogP contribution in [0.15, 0.2) is 28.8 Å². The first-order valence-electron chi connectivity index (χ1n) is 6.89. The normalized spacial score (nSPS) is 12.2. The number of nitrogens with zero attached hydrogens (tertiary/aromatic N) is 2. The van der Waals surface area contributed by atoms with Gasteiger partial charge >= 0.3 is 0 Å². The van der Waals surface area contributed by atoms with E-state index in [1.165, 1.54) is 0 Å². The van der Waals surface area contributed by atoms with E-state index in [1.54, 1.807) is 27.9 Å². The van der Waals surface area contributed by atoms with Crippen molar-refractivity contribution >= 4 is 18.3 Å². The topological polar surface area (TPSA) is 103 Å². The van der Waals surface area contributed by atoms with E-state index in [9.17, 15) is 4.79 Å². The van der Waals surface area contributed by atoms with Crippen LogP contribution in [0.2, 0.25) is 0 Å². The Morgan fingerprint density at radius 1 is 1.39 bits per heavy atom. The number of benzene rings is 1. The van der Waals surface area contributed by atoms with Crippen molar-refractivity contribution in [2.24, 2.45) is 5.73 Å². The Balaban J connectivity index is 0.00000264. The second-order valence-corrected chi connectivity index (χ2v) is 5.57. The lowest BCUT2D eigenvalue weighted by molar-refractivity contribution is -0.126. The minimum atomic E-state index is -0.972. The van der Waals surface area contributed by atoms with Gasteiger partial charge in [-0.15, -0.1) is 12.4 Å². The molecule has 0 aliphatic heterocycles. The fourth-order valence-corrected chi connectivity index (χ4v) is 1.79. The summed E-state index contributed by atoms with van der Waals surface area (Å²) in [5.74, 6) is 1.06. The van der Waals surface area contributed by atoms with Crippen molar-refractivity contribution in [1.82, 2.24) is 15.5 Å². The van der Waals surface area contributed by atoms with Crippen LogP contribution in [0, 0.1) is 0 Å². The summed E-state index contributed by atoms with van der Waals surface area (Å²) >= 11 is 0. The third-order valence-corrected chi connectivity index (χ3v) is 3.09. The third-order valence-electron chi connectivity index (χ3n) is 3.09. The quantitative estimate of drug-likeness (QED) is 0.863. The van der Waals surface area contributed by atoms with Crippen LogP contribution in [-0.2, 0) is 4.79 Å². The number of nitrogens with one attached hydrogen (secondary N) is 1. The molecule has 0 aliphatic carbocycles. The van der Waals surface area contributed by atoms with E-state index in [1.807, 2.05) is 24.3 Å². The summed E-state index contributed by atoms with van der Waals surface area (Å²) in [6.07, 6.45) is 0. The highest BCUT2D eigenvalue weighted by atomic mass is 35.5. The highest BCUT2D eigenvalue weighted by molar-refractivity contribution is 5.85. The Morgan fingerprint density at radius 2 is 2.04 bits per heavy atom. The average molecular weight is 341 g/mol. The van der Waals surface area contributed by atoms with Crippen molar-refractivity contribution in [3.63, 3.8) is 0 Å². The molecule has 1 aromatic heterocycles. The van der Waals surface area contributed by atoms with Crippen molar-refractivity contribution in [2.45, 2.75) is 32.4 Å². The zero-order chi connectivity index (χ0) is 16.3. The maximum Gasteiger partial charge on any atom is 0.249 e. The SMILES string of the molecule is COc1ccccc1-c1noc(C(C)NC(=O)C(C)(C)N)n1.Cl. The van der Waals surface area contributed by atoms with Crippen LogP contribution >= 0.6 is 12.4 Å². The molecule has 1 atom stereocenters. The monoisotopic (exact) mass is 340 g/mol. The Labute approximate surface area is 141 Å². The maximum atomic E-state index is 11.9. The van der Waals surface area contributed by atoms with E-state index in [2.05, 4.69) is 15.5 Å². The smallest absolute Gasteiger partial charge is 0.249 e. The molecular weight excluding hydrogens is 320 g/mol. The standard InChI is InChI=1S/C15H20N4O3.ClH/c1-9(17-14(20)15(2,3)16)13-18-12(19-22-13)10-7-5-6-8-11(10)21-4;/h5-9H,16H2,1-4H3,(H,17,20);1H. The molecular formula is C15H21ClN4O3. The Morgan fingerprint density at radius 3 is 2.65 bits per heavy atom. The average Bonchev–Trinajstić information content (AvgIpc) is 2.95. The summed E-state index contributed by atoms with van der Waals surface area (Å²) in [6, 6.07) is 6.92. The minimum Gasteiger partial charge on any atom is -0.496 e. The van der Waals surface area contributed by atoms with E-state index in [-0.39, 0.29) is 18.3 Å². The zero-order valence-corrected chi connectivity index (χ0v) is 14.3. The number of ether oxygens (including phenoxy) is 1. The molecule has 1 amide bonds. The number of hydrogen-bond donors (Lipinski definition) is 2. The van der Waals surface area contributed by atoms with E-state index in [4.69, 9.17) is 15.0 Å². The van der Waals surface area contributed by atoms with Crippen molar-refractivity contribution in [2.75, 3.05) is 7.11 Å². The maximum absolute atomic E-state index is 11.9. The number of halogens is 1. The summed E-state index contributed by atoms with van der Waals surface area (Å²) in [7, 11) is 1.58. The van der Waals surface area contributed by atoms with Crippen LogP contribution in [0.1, 0.15) is 32.7 Å². The number of para-hydroxylation sites is 1. The van der Waals surface area contributed by atoms with Gasteiger partial charge in [0.05, 0.1) is 18.2 Å². The molecule has 8 heteroatoms. The first-order chi connectivity index (χ1) is 10.3. The molecule has 7 nitrogen and oxygen atoms in total. The highest BCUT2D eigenvalue weighted by Crippen LogP contribution is 2.27. The molecule has 2 rings (SSSR count). The van der Waals surface area contributed by atoms with Crippen molar-refractivity contribution in [3.8, 4) is 17.1 Å². The number of aromatic nitrogens is 2. The van der Waals surface area contributed by atoms with Crippen LogP contribution in [0.5, 0.6) is 5.75 Å². The molecule has 3 N–H and O–H groups in total. The van der Waals surface area contributed by atoms with E-state index >= 15 is 0 Å². The second kappa shape index (κ2) is 7.43. The second-order valence-electron chi connectivity index (χ2n) is 5.57. The Hall–Kier alpha value is -2.12. The largest absolute Gasteiger partial charge is 0.496 e. The van der Waals surface area contributed by atoms with Crippen LogP contribution in [-0.4, -0.2) is 28.7 Å². The fourth-order valence-electron chi connectivity index (χ4n) is 1.79. The number of rotatable bonds is 5. The van der Waals surface area contributed by atoms with Gasteiger partial charge in [-0.2, -0.15) is 4.98 Å². The van der Waals surface area contributed by atoms with Gasteiger partial charge < -0.3 is 20.3 Å². The van der Waals surface area contributed by atoms with Crippen molar-refractivity contribution < 1.29 is 14.1 Å². The summed E-state index contributed by atoms with van der Waals surface area (Å²) < 4.78 is 10.5. The molecule has 1 heterocycles. The summed E-state index contributed by atoms with van der Waals surface area (Å²) in [6.45, 7) is 5.01. The molecule has 0 radical (unpaired) electrons. The first-order valence-corrected chi connectivity index (χ1v) is 6.89. The molecule has 1 unspecified atom stereocenters. The summed E-state index contributed by atoms with van der Waals surface area (Å²) in [4.78, 5) is 16.2. The van der Waals surface area contributed by atoms with Crippen LogP contribution in [0.3, 0.4) is 0 Å². The lowest BCUT2D eigenvalue weighted by atomic mass is 10.1. The number of carbonyl (C=O) groups is 1. The number of nitrogens with two attached hydrogens (primary N) is 1. The van der Waals surface area contributed by atoms with Gasteiger partial charge in [0.25, 0.3) is 0 Å². The number of amides is 1. The minimum absolute atomic E-state index is 0. The first kappa shape index (κ1) is 18.9. The lowest BCUT2D eigenvalue weighted by Crippen LogP contribution is -2.49.